The van der Waals surface area contributed by atoms with E-state index in [2.05, 4.69) is 10.3 Å². The van der Waals surface area contributed by atoms with Crippen LogP contribution in [0.2, 0.25) is 5.02 Å². The number of nitrogens with zero attached hydrogens (tertiary/aromatic N) is 3. The van der Waals surface area contributed by atoms with Crippen LogP contribution in [0.25, 0.3) is 11.3 Å². The van der Waals surface area contributed by atoms with Gasteiger partial charge in [-0.2, -0.15) is 0 Å². The Morgan fingerprint density at radius 3 is 2.69 bits per heavy atom. The molecule has 1 aliphatic heterocycles. The Bertz CT molecular complexity index is 800. The number of thiazole rings is 1. The molecule has 138 valence electrons. The number of hydrogen-bond donors (Lipinski definition) is 1. The van der Waals surface area contributed by atoms with Crippen LogP contribution in [0, 0.1) is 5.92 Å². The number of anilines is 1. The zero-order chi connectivity index (χ0) is 18.7. The van der Waals surface area contributed by atoms with Gasteiger partial charge < -0.3 is 15.1 Å². The smallest absolute Gasteiger partial charge is 0.319 e. The summed E-state index contributed by atoms with van der Waals surface area (Å²) in [5, 5.41) is 6.04. The molecule has 0 aliphatic carbocycles. The third kappa shape index (κ3) is 4.34. The maximum Gasteiger partial charge on any atom is 0.319 e. The van der Waals surface area contributed by atoms with E-state index in [1.54, 1.807) is 23.9 Å². The summed E-state index contributed by atoms with van der Waals surface area (Å²) in [6.07, 6.45) is 1.33. The molecule has 0 spiro atoms. The van der Waals surface area contributed by atoms with E-state index in [1.807, 2.05) is 29.6 Å². The summed E-state index contributed by atoms with van der Waals surface area (Å²) in [5.41, 5.74) is 1.71. The second kappa shape index (κ2) is 8.05. The molecule has 1 fully saturated rings. The molecule has 3 amide bonds. The van der Waals surface area contributed by atoms with Gasteiger partial charge in [0.1, 0.15) is 0 Å². The van der Waals surface area contributed by atoms with Crippen LogP contribution in [0.15, 0.2) is 29.6 Å². The Labute approximate surface area is 161 Å². The number of amides is 3. The highest BCUT2D eigenvalue weighted by Crippen LogP contribution is 2.28. The Hall–Kier alpha value is -2.12. The largest absolute Gasteiger partial charge is 0.331 e. The van der Waals surface area contributed by atoms with E-state index in [-0.39, 0.29) is 17.9 Å². The van der Waals surface area contributed by atoms with Crippen LogP contribution in [-0.4, -0.2) is 53.9 Å². The summed E-state index contributed by atoms with van der Waals surface area (Å²) < 4.78 is 0. The number of likely N-dealkylation sites (tertiary alicyclic amines) is 1. The fourth-order valence-electron chi connectivity index (χ4n) is 2.93. The van der Waals surface area contributed by atoms with Gasteiger partial charge in [0.15, 0.2) is 5.13 Å². The average molecular weight is 393 g/mol. The predicted molar refractivity (Wildman–Crippen MR) is 105 cm³/mol. The van der Waals surface area contributed by atoms with Crippen molar-refractivity contribution in [2.24, 2.45) is 5.92 Å². The van der Waals surface area contributed by atoms with Gasteiger partial charge in [-0.3, -0.25) is 4.79 Å². The first-order valence-electron chi connectivity index (χ1n) is 8.42. The van der Waals surface area contributed by atoms with Crippen LogP contribution in [-0.2, 0) is 4.79 Å². The lowest BCUT2D eigenvalue weighted by Crippen LogP contribution is -2.45. The summed E-state index contributed by atoms with van der Waals surface area (Å²) in [6, 6.07) is 7.46. The summed E-state index contributed by atoms with van der Waals surface area (Å²) in [7, 11) is 3.47. The van der Waals surface area contributed by atoms with Gasteiger partial charge in [0.25, 0.3) is 0 Å². The Kier molecular flexibility index (Phi) is 5.78. The number of piperidine rings is 1. The quantitative estimate of drug-likeness (QED) is 0.864. The maximum absolute atomic E-state index is 12.5. The van der Waals surface area contributed by atoms with Gasteiger partial charge in [0.05, 0.1) is 5.69 Å². The van der Waals surface area contributed by atoms with Crippen LogP contribution in [0.3, 0.4) is 0 Å². The Morgan fingerprint density at radius 2 is 2.04 bits per heavy atom. The molecule has 1 N–H and O–H groups in total. The first-order valence-corrected chi connectivity index (χ1v) is 9.68. The molecule has 0 unspecified atom stereocenters. The van der Waals surface area contributed by atoms with Crippen LogP contribution < -0.4 is 5.32 Å². The molecule has 0 radical (unpaired) electrons. The second-order valence-electron chi connectivity index (χ2n) is 6.48. The minimum atomic E-state index is -0.0975. The standard InChI is InChI=1S/C18H21ClN4O2S/c1-22(2)18(25)23-8-6-12(7-9-23)16(24)21-17-20-15(11-26-17)13-4-3-5-14(19)10-13/h3-5,10-12H,6-9H2,1-2H3,(H,20,21,24). The van der Waals surface area contributed by atoms with Crippen LogP contribution in [0.1, 0.15) is 12.8 Å². The molecular weight excluding hydrogens is 372 g/mol. The Balaban J connectivity index is 1.57. The monoisotopic (exact) mass is 392 g/mol. The number of hydrogen-bond acceptors (Lipinski definition) is 4. The highest BCUT2D eigenvalue weighted by molar-refractivity contribution is 7.14. The fraction of sp³-hybridized carbons (Fsp3) is 0.389. The lowest BCUT2D eigenvalue weighted by atomic mass is 9.96. The number of benzene rings is 1. The molecule has 1 aromatic heterocycles. The van der Waals surface area contributed by atoms with E-state index in [1.165, 1.54) is 11.3 Å². The molecule has 0 bridgehead atoms. The number of carbonyl (C=O) groups excluding carboxylic acids is 2. The van der Waals surface area contributed by atoms with Crippen molar-refractivity contribution in [3.8, 4) is 11.3 Å². The number of aromatic nitrogens is 1. The van der Waals surface area contributed by atoms with Gasteiger partial charge in [-0.15, -0.1) is 11.3 Å². The number of rotatable bonds is 3. The highest BCUT2D eigenvalue weighted by atomic mass is 35.5. The normalized spacial score (nSPS) is 15.0. The second-order valence-corrected chi connectivity index (χ2v) is 7.77. The minimum Gasteiger partial charge on any atom is -0.331 e. The molecule has 26 heavy (non-hydrogen) atoms. The van der Waals surface area contributed by atoms with E-state index in [4.69, 9.17) is 11.6 Å². The molecule has 8 heteroatoms. The van der Waals surface area contributed by atoms with E-state index in [0.29, 0.717) is 36.1 Å². The summed E-state index contributed by atoms with van der Waals surface area (Å²) in [6.45, 7) is 1.20. The third-order valence-electron chi connectivity index (χ3n) is 4.37. The van der Waals surface area contributed by atoms with Crippen molar-refractivity contribution in [1.29, 1.82) is 0 Å². The molecular formula is C18H21ClN4O2S. The number of halogens is 1. The van der Waals surface area contributed by atoms with Crippen molar-refractivity contribution in [3.05, 3.63) is 34.7 Å². The lowest BCUT2D eigenvalue weighted by molar-refractivity contribution is -0.121. The van der Waals surface area contributed by atoms with Crippen molar-refractivity contribution < 1.29 is 9.59 Å². The fourth-order valence-corrected chi connectivity index (χ4v) is 3.85. The molecule has 1 aliphatic rings. The van der Waals surface area contributed by atoms with Crippen molar-refractivity contribution >= 4 is 40.0 Å². The molecule has 2 heterocycles. The highest BCUT2D eigenvalue weighted by Gasteiger charge is 2.28. The summed E-state index contributed by atoms with van der Waals surface area (Å²) in [4.78, 5) is 32.3. The molecule has 0 saturated carbocycles. The lowest BCUT2D eigenvalue weighted by Gasteiger charge is -2.32. The average Bonchev–Trinajstić information content (AvgIpc) is 3.09. The van der Waals surface area contributed by atoms with Gasteiger partial charge >= 0.3 is 6.03 Å². The van der Waals surface area contributed by atoms with Crippen molar-refractivity contribution in [1.82, 2.24) is 14.8 Å². The van der Waals surface area contributed by atoms with Crippen molar-refractivity contribution in [2.75, 3.05) is 32.5 Å². The molecule has 1 saturated heterocycles. The van der Waals surface area contributed by atoms with E-state index in [9.17, 15) is 9.59 Å². The zero-order valence-electron chi connectivity index (χ0n) is 14.7. The van der Waals surface area contributed by atoms with Gasteiger partial charge in [0.2, 0.25) is 5.91 Å². The van der Waals surface area contributed by atoms with Crippen molar-refractivity contribution in [2.45, 2.75) is 12.8 Å². The number of urea groups is 1. The summed E-state index contributed by atoms with van der Waals surface area (Å²) in [5.74, 6) is -0.131. The van der Waals surface area contributed by atoms with E-state index in [0.717, 1.165) is 11.3 Å². The molecule has 6 nitrogen and oxygen atoms in total. The van der Waals surface area contributed by atoms with E-state index >= 15 is 0 Å². The summed E-state index contributed by atoms with van der Waals surface area (Å²) >= 11 is 7.41. The third-order valence-corrected chi connectivity index (χ3v) is 5.37. The SMILES string of the molecule is CN(C)C(=O)N1CCC(C(=O)Nc2nc(-c3cccc(Cl)c3)cs2)CC1. The molecule has 3 rings (SSSR count). The van der Waals surface area contributed by atoms with Crippen LogP contribution >= 0.6 is 22.9 Å². The van der Waals surface area contributed by atoms with Crippen molar-refractivity contribution in [3.63, 3.8) is 0 Å². The van der Waals surface area contributed by atoms with Gasteiger partial charge in [-0.25, -0.2) is 9.78 Å². The zero-order valence-corrected chi connectivity index (χ0v) is 16.3. The maximum atomic E-state index is 12.5. The minimum absolute atomic E-state index is 0.00468. The Morgan fingerprint density at radius 1 is 1.31 bits per heavy atom. The molecule has 2 aromatic rings. The molecule has 0 atom stereocenters. The van der Waals surface area contributed by atoms with Gasteiger partial charge in [0, 0.05) is 49.1 Å². The molecule has 1 aromatic carbocycles. The van der Waals surface area contributed by atoms with Crippen LogP contribution in [0.4, 0.5) is 9.93 Å². The van der Waals surface area contributed by atoms with Gasteiger partial charge in [-0.1, -0.05) is 23.7 Å². The van der Waals surface area contributed by atoms with Gasteiger partial charge in [-0.05, 0) is 25.0 Å². The number of nitrogens with one attached hydrogen (secondary N) is 1. The topological polar surface area (TPSA) is 65.5 Å². The first kappa shape index (κ1) is 18.7. The first-order chi connectivity index (χ1) is 12.4. The van der Waals surface area contributed by atoms with E-state index < -0.39 is 0 Å². The van der Waals surface area contributed by atoms with Crippen LogP contribution in [0.5, 0.6) is 0 Å². The predicted octanol–water partition coefficient (Wildman–Crippen LogP) is 3.80. The number of carbonyl (C=O) groups is 2.